The van der Waals surface area contributed by atoms with Gasteiger partial charge in [0.1, 0.15) is 0 Å². The molecule has 7 heteroatoms. The van der Waals surface area contributed by atoms with Gasteiger partial charge in [-0.25, -0.2) is 4.79 Å². The minimum Gasteiger partial charge on any atom is -0.337 e. The maximum atomic E-state index is 11.4. The van der Waals surface area contributed by atoms with E-state index in [-0.39, 0.29) is 6.03 Å². The van der Waals surface area contributed by atoms with E-state index in [0.717, 1.165) is 12.0 Å². The maximum Gasteiger partial charge on any atom is 0.320 e. The van der Waals surface area contributed by atoms with Crippen LogP contribution in [-0.4, -0.2) is 33.0 Å². The average molecular weight is 232 g/mol. The van der Waals surface area contributed by atoms with E-state index in [1.165, 1.54) is 6.20 Å². The van der Waals surface area contributed by atoms with Crippen molar-refractivity contribution in [3.8, 4) is 0 Å². The molecule has 2 aromatic heterocycles. The summed E-state index contributed by atoms with van der Waals surface area (Å²) in [6.07, 6.45) is 5.66. The predicted octanol–water partition coefficient (Wildman–Crippen LogP) is 0.564. The van der Waals surface area contributed by atoms with E-state index in [4.69, 9.17) is 0 Å². The normalized spacial score (nSPS) is 9.88. The summed E-state index contributed by atoms with van der Waals surface area (Å²) in [7, 11) is 0. The van der Waals surface area contributed by atoms with Crippen molar-refractivity contribution in [2.45, 2.75) is 6.42 Å². The largest absolute Gasteiger partial charge is 0.337 e. The fourth-order valence-corrected chi connectivity index (χ4v) is 1.29. The summed E-state index contributed by atoms with van der Waals surface area (Å²) in [4.78, 5) is 15.4. The van der Waals surface area contributed by atoms with Crippen LogP contribution in [0.15, 0.2) is 30.7 Å². The number of anilines is 1. The zero-order chi connectivity index (χ0) is 11.9. The number of aromatic amines is 1. The number of hydrogen-bond donors (Lipinski definition) is 3. The minimum absolute atomic E-state index is 0.303. The molecule has 7 nitrogen and oxygen atoms in total. The molecule has 88 valence electrons. The van der Waals surface area contributed by atoms with Gasteiger partial charge in [-0.05, 0) is 18.1 Å². The first-order chi connectivity index (χ1) is 8.34. The Morgan fingerprint density at radius 1 is 1.41 bits per heavy atom. The highest BCUT2D eigenvalue weighted by molar-refractivity contribution is 5.87. The van der Waals surface area contributed by atoms with Crippen molar-refractivity contribution < 1.29 is 4.79 Å². The van der Waals surface area contributed by atoms with Crippen LogP contribution in [-0.2, 0) is 6.42 Å². The first-order valence-corrected chi connectivity index (χ1v) is 5.14. The highest BCUT2D eigenvalue weighted by Gasteiger charge is 2.02. The van der Waals surface area contributed by atoms with Crippen molar-refractivity contribution in [1.29, 1.82) is 0 Å². The van der Waals surface area contributed by atoms with Crippen molar-refractivity contribution in [3.05, 3.63) is 36.3 Å². The van der Waals surface area contributed by atoms with Crippen LogP contribution in [0.2, 0.25) is 0 Å². The van der Waals surface area contributed by atoms with Crippen LogP contribution in [0.3, 0.4) is 0 Å². The topological polar surface area (TPSA) is 95.6 Å². The van der Waals surface area contributed by atoms with E-state index >= 15 is 0 Å². The summed E-state index contributed by atoms with van der Waals surface area (Å²) in [5.41, 5.74) is 1.08. The zero-order valence-corrected chi connectivity index (χ0v) is 9.05. The smallest absolute Gasteiger partial charge is 0.320 e. The molecular weight excluding hydrogens is 220 g/mol. The molecule has 0 spiro atoms. The Balaban J connectivity index is 1.70. The van der Waals surface area contributed by atoms with Gasteiger partial charge in [-0.15, -0.1) is 5.10 Å². The molecule has 0 aromatic carbocycles. The van der Waals surface area contributed by atoms with Gasteiger partial charge in [0, 0.05) is 18.9 Å². The summed E-state index contributed by atoms with van der Waals surface area (Å²) in [5.74, 6) is 0.392. The van der Waals surface area contributed by atoms with E-state index in [9.17, 15) is 4.79 Å². The lowest BCUT2D eigenvalue weighted by atomic mass is 10.2. The molecule has 2 amide bonds. The fourth-order valence-electron chi connectivity index (χ4n) is 1.29. The zero-order valence-electron chi connectivity index (χ0n) is 9.05. The Labute approximate surface area is 97.6 Å². The number of H-pyrrole nitrogens is 1. The number of carbonyl (C=O) groups excluding carboxylic acids is 1. The molecule has 0 atom stereocenters. The van der Waals surface area contributed by atoms with Crippen LogP contribution in [0.1, 0.15) is 5.56 Å². The van der Waals surface area contributed by atoms with Gasteiger partial charge in [0.25, 0.3) is 0 Å². The van der Waals surface area contributed by atoms with E-state index < -0.39 is 0 Å². The summed E-state index contributed by atoms with van der Waals surface area (Å²) >= 11 is 0. The second kappa shape index (κ2) is 5.59. The van der Waals surface area contributed by atoms with Crippen molar-refractivity contribution in [3.63, 3.8) is 0 Å². The maximum absolute atomic E-state index is 11.4. The Morgan fingerprint density at radius 3 is 3.06 bits per heavy atom. The van der Waals surface area contributed by atoms with E-state index in [1.54, 1.807) is 12.4 Å². The Hall–Kier alpha value is -2.44. The second-order valence-corrected chi connectivity index (χ2v) is 3.35. The van der Waals surface area contributed by atoms with E-state index in [0.29, 0.717) is 12.4 Å². The third-order valence-corrected chi connectivity index (χ3v) is 2.08. The SMILES string of the molecule is O=C(NCCc1cccnc1)Nc1cn[nH]n1. The number of urea groups is 1. The van der Waals surface area contributed by atoms with Crippen molar-refractivity contribution in [2.75, 3.05) is 11.9 Å². The Bertz CT molecular complexity index is 455. The third-order valence-electron chi connectivity index (χ3n) is 2.08. The van der Waals surface area contributed by atoms with Crippen molar-refractivity contribution in [2.24, 2.45) is 0 Å². The molecule has 3 N–H and O–H groups in total. The molecule has 0 aliphatic heterocycles. The van der Waals surface area contributed by atoms with Gasteiger partial charge in [-0.2, -0.15) is 10.3 Å². The van der Waals surface area contributed by atoms with E-state index in [2.05, 4.69) is 31.0 Å². The molecule has 0 unspecified atom stereocenters. The van der Waals surface area contributed by atoms with Crippen LogP contribution < -0.4 is 10.6 Å². The summed E-state index contributed by atoms with van der Waals surface area (Å²) in [5, 5.41) is 14.9. The monoisotopic (exact) mass is 232 g/mol. The molecular formula is C10H12N6O. The second-order valence-electron chi connectivity index (χ2n) is 3.35. The number of pyridine rings is 1. The van der Waals surface area contributed by atoms with Crippen LogP contribution in [0.25, 0.3) is 0 Å². The molecule has 0 saturated carbocycles. The Morgan fingerprint density at radius 2 is 2.35 bits per heavy atom. The minimum atomic E-state index is -0.303. The van der Waals surface area contributed by atoms with Crippen molar-refractivity contribution >= 4 is 11.8 Å². The number of amides is 2. The number of aromatic nitrogens is 4. The van der Waals surface area contributed by atoms with Gasteiger partial charge < -0.3 is 5.32 Å². The lowest BCUT2D eigenvalue weighted by Crippen LogP contribution is -2.30. The highest BCUT2D eigenvalue weighted by Crippen LogP contribution is 1.97. The molecule has 0 aliphatic rings. The highest BCUT2D eigenvalue weighted by atomic mass is 16.2. The number of nitrogens with zero attached hydrogens (tertiary/aromatic N) is 3. The summed E-state index contributed by atoms with van der Waals surface area (Å²) in [6, 6.07) is 3.53. The molecule has 0 radical (unpaired) electrons. The van der Waals surface area contributed by atoms with Crippen molar-refractivity contribution in [1.82, 2.24) is 25.7 Å². The molecule has 0 saturated heterocycles. The number of hydrogen-bond acceptors (Lipinski definition) is 4. The standard InChI is InChI=1S/C10H12N6O/c17-10(14-9-7-13-16-15-9)12-5-3-8-2-1-4-11-6-8/h1-2,4,6-7H,3,5H2,(H3,12,13,14,15,16,17). The fraction of sp³-hybridized carbons (Fsp3) is 0.200. The molecule has 2 rings (SSSR count). The first kappa shape index (κ1) is 11.1. The van der Waals surface area contributed by atoms with Crippen LogP contribution >= 0.6 is 0 Å². The van der Waals surface area contributed by atoms with Gasteiger partial charge in [0.05, 0.1) is 6.20 Å². The van der Waals surface area contributed by atoms with Gasteiger partial charge in [-0.1, -0.05) is 6.07 Å². The summed E-state index contributed by atoms with van der Waals surface area (Å²) in [6.45, 7) is 0.537. The molecule has 2 heterocycles. The van der Waals surface area contributed by atoms with Crippen LogP contribution in [0, 0.1) is 0 Å². The molecule has 0 fully saturated rings. The third kappa shape index (κ3) is 3.56. The average Bonchev–Trinajstić information content (AvgIpc) is 2.83. The van der Waals surface area contributed by atoms with Crippen LogP contribution in [0.5, 0.6) is 0 Å². The van der Waals surface area contributed by atoms with E-state index in [1.807, 2.05) is 12.1 Å². The lowest BCUT2D eigenvalue weighted by molar-refractivity contribution is 0.252. The van der Waals surface area contributed by atoms with Crippen LogP contribution in [0.4, 0.5) is 10.6 Å². The molecule has 0 bridgehead atoms. The van der Waals surface area contributed by atoms with Gasteiger partial charge in [-0.3, -0.25) is 10.3 Å². The molecule has 2 aromatic rings. The van der Waals surface area contributed by atoms with Gasteiger partial charge >= 0.3 is 6.03 Å². The summed E-state index contributed by atoms with van der Waals surface area (Å²) < 4.78 is 0. The number of rotatable bonds is 4. The Kier molecular flexibility index (Phi) is 3.64. The predicted molar refractivity (Wildman–Crippen MR) is 61.3 cm³/mol. The van der Waals surface area contributed by atoms with Gasteiger partial charge in [0.15, 0.2) is 5.82 Å². The first-order valence-electron chi connectivity index (χ1n) is 5.14. The number of nitrogens with one attached hydrogen (secondary N) is 3. The molecule has 0 aliphatic carbocycles. The quantitative estimate of drug-likeness (QED) is 0.717. The molecule has 17 heavy (non-hydrogen) atoms. The number of carbonyl (C=O) groups is 1. The van der Waals surface area contributed by atoms with Gasteiger partial charge in [0.2, 0.25) is 0 Å². The lowest BCUT2D eigenvalue weighted by Gasteiger charge is -2.04.